The van der Waals surface area contributed by atoms with E-state index < -0.39 is 10.8 Å². The van der Waals surface area contributed by atoms with Gasteiger partial charge in [-0.15, -0.1) is 0 Å². The lowest BCUT2D eigenvalue weighted by Crippen LogP contribution is -2.30. The van der Waals surface area contributed by atoms with Crippen LogP contribution < -0.4 is 5.73 Å². The zero-order chi connectivity index (χ0) is 15.6. The highest BCUT2D eigenvalue weighted by atomic mass is 16.6. The lowest BCUT2D eigenvalue weighted by atomic mass is 10.1. The molecule has 0 aliphatic carbocycles. The molecule has 0 bridgehead atoms. The monoisotopic (exact) mass is 295 g/mol. The first-order chi connectivity index (χ1) is 9.99. The van der Waals surface area contributed by atoms with Gasteiger partial charge < -0.3 is 20.1 Å². The summed E-state index contributed by atoms with van der Waals surface area (Å²) < 4.78 is 10.5. The van der Waals surface area contributed by atoms with Crippen molar-refractivity contribution in [3.8, 4) is 0 Å². The Bertz CT molecular complexity index is 551. The Kier molecular flexibility index (Phi) is 4.39. The second kappa shape index (κ2) is 6.06. The van der Waals surface area contributed by atoms with Crippen molar-refractivity contribution in [3.05, 3.63) is 33.9 Å². The third-order valence-corrected chi connectivity index (χ3v) is 3.59. The van der Waals surface area contributed by atoms with Gasteiger partial charge in [-0.1, -0.05) is 6.07 Å². The quantitative estimate of drug-likeness (QED) is 0.496. The molecule has 2 unspecified atom stereocenters. The predicted molar refractivity (Wildman–Crippen MR) is 75.0 cm³/mol. The molecule has 1 aliphatic heterocycles. The second-order valence-corrected chi connectivity index (χ2v) is 4.76. The van der Waals surface area contributed by atoms with Gasteiger partial charge in [-0.05, 0) is 12.1 Å². The lowest BCUT2D eigenvalue weighted by Gasteiger charge is -2.16. The Balaban J connectivity index is 2.30. The van der Waals surface area contributed by atoms with Crippen LogP contribution in [0.25, 0.3) is 0 Å². The van der Waals surface area contributed by atoms with E-state index in [9.17, 15) is 14.9 Å². The molecule has 1 aromatic carbocycles. The van der Waals surface area contributed by atoms with Crippen LogP contribution in [-0.4, -0.2) is 55.2 Å². The van der Waals surface area contributed by atoms with Gasteiger partial charge in [0.1, 0.15) is 23.5 Å². The van der Waals surface area contributed by atoms with Gasteiger partial charge in [-0.3, -0.25) is 14.9 Å². The first-order valence-corrected chi connectivity index (χ1v) is 6.37. The number of amides is 1. The molecule has 0 saturated carbocycles. The van der Waals surface area contributed by atoms with Crippen LogP contribution in [-0.2, 0) is 9.47 Å². The summed E-state index contributed by atoms with van der Waals surface area (Å²) in [6, 6.07) is 4.32. The second-order valence-electron chi connectivity index (χ2n) is 4.76. The van der Waals surface area contributed by atoms with E-state index >= 15 is 0 Å². The van der Waals surface area contributed by atoms with E-state index in [2.05, 4.69) is 0 Å². The van der Waals surface area contributed by atoms with Gasteiger partial charge in [0.25, 0.3) is 5.91 Å². The van der Waals surface area contributed by atoms with E-state index in [0.29, 0.717) is 13.1 Å². The summed E-state index contributed by atoms with van der Waals surface area (Å²) in [6.45, 7) is 0.638. The SMILES string of the molecule is COC1CN(C(=O)c2cccc(N)c2[N+](=O)[O-])CC1OC. The minimum absolute atomic E-state index is 0.0217. The number of para-hydroxylation sites is 1. The molecule has 8 nitrogen and oxygen atoms in total. The molecule has 1 heterocycles. The summed E-state index contributed by atoms with van der Waals surface area (Å²) >= 11 is 0. The van der Waals surface area contributed by atoms with Crippen molar-refractivity contribution in [3.63, 3.8) is 0 Å². The Morgan fingerprint density at radius 2 is 1.90 bits per heavy atom. The first kappa shape index (κ1) is 15.2. The summed E-state index contributed by atoms with van der Waals surface area (Å²) in [5.41, 5.74) is 5.19. The molecule has 1 aliphatic rings. The molecule has 21 heavy (non-hydrogen) atoms. The Morgan fingerprint density at radius 3 is 2.38 bits per heavy atom. The van der Waals surface area contributed by atoms with Crippen LogP contribution in [0.15, 0.2) is 18.2 Å². The number of carbonyl (C=O) groups is 1. The van der Waals surface area contributed by atoms with Gasteiger partial charge >= 0.3 is 5.69 Å². The number of hydrogen-bond donors (Lipinski definition) is 1. The number of nitro groups is 1. The molecule has 0 aromatic heterocycles. The number of likely N-dealkylation sites (tertiary alicyclic amines) is 1. The van der Waals surface area contributed by atoms with Gasteiger partial charge in [-0.2, -0.15) is 0 Å². The summed E-state index contributed by atoms with van der Waals surface area (Å²) in [7, 11) is 3.07. The van der Waals surface area contributed by atoms with E-state index in [4.69, 9.17) is 15.2 Å². The maximum Gasteiger partial charge on any atom is 0.304 e. The fourth-order valence-corrected chi connectivity index (χ4v) is 2.47. The highest BCUT2D eigenvalue weighted by Gasteiger charge is 2.37. The molecular formula is C13H17N3O5. The normalized spacial score (nSPS) is 21.5. The van der Waals surface area contributed by atoms with Crippen LogP contribution in [0.5, 0.6) is 0 Å². The molecular weight excluding hydrogens is 278 g/mol. The van der Waals surface area contributed by atoms with E-state index in [0.717, 1.165) is 0 Å². The van der Waals surface area contributed by atoms with Crippen molar-refractivity contribution in [1.29, 1.82) is 0 Å². The number of ether oxygens (including phenoxy) is 2. The summed E-state index contributed by atoms with van der Waals surface area (Å²) in [5, 5.41) is 11.1. The summed E-state index contributed by atoms with van der Waals surface area (Å²) in [5.74, 6) is -0.449. The molecule has 0 spiro atoms. The van der Waals surface area contributed by atoms with Crippen molar-refractivity contribution < 1.29 is 19.2 Å². The van der Waals surface area contributed by atoms with Gasteiger partial charge in [0.15, 0.2) is 0 Å². The van der Waals surface area contributed by atoms with Crippen LogP contribution in [0.1, 0.15) is 10.4 Å². The molecule has 1 aromatic rings. The van der Waals surface area contributed by atoms with E-state index in [1.165, 1.54) is 37.3 Å². The minimum atomic E-state index is -0.639. The summed E-state index contributed by atoms with van der Waals surface area (Å²) in [6.07, 6.45) is -0.502. The molecule has 1 fully saturated rings. The molecule has 2 atom stereocenters. The highest BCUT2D eigenvalue weighted by molar-refractivity contribution is 6.00. The highest BCUT2D eigenvalue weighted by Crippen LogP contribution is 2.28. The van der Waals surface area contributed by atoms with Gasteiger partial charge in [-0.25, -0.2) is 0 Å². The van der Waals surface area contributed by atoms with Crippen LogP contribution in [0, 0.1) is 10.1 Å². The van der Waals surface area contributed by atoms with Crippen LogP contribution in [0.2, 0.25) is 0 Å². The van der Waals surface area contributed by atoms with Crippen molar-refractivity contribution in [2.24, 2.45) is 0 Å². The number of nitrogen functional groups attached to an aromatic ring is 1. The third-order valence-electron chi connectivity index (χ3n) is 3.59. The molecule has 0 radical (unpaired) electrons. The van der Waals surface area contributed by atoms with Crippen molar-refractivity contribution in [2.75, 3.05) is 33.0 Å². The number of benzene rings is 1. The average molecular weight is 295 g/mol. The van der Waals surface area contributed by atoms with E-state index in [1.807, 2.05) is 0 Å². The first-order valence-electron chi connectivity index (χ1n) is 6.37. The zero-order valence-electron chi connectivity index (χ0n) is 11.8. The number of carbonyl (C=O) groups excluding carboxylic acids is 1. The fourth-order valence-electron chi connectivity index (χ4n) is 2.47. The average Bonchev–Trinajstić information content (AvgIpc) is 2.89. The largest absolute Gasteiger partial charge is 0.393 e. The standard InChI is InChI=1S/C13H17N3O5/c1-20-10-6-15(7-11(10)21-2)13(17)8-4-3-5-9(14)12(8)16(18)19/h3-5,10-11H,6-7,14H2,1-2H3. The fraction of sp³-hybridized carbons (Fsp3) is 0.462. The topological polar surface area (TPSA) is 108 Å². The molecule has 2 rings (SSSR count). The molecule has 2 N–H and O–H groups in total. The molecule has 1 saturated heterocycles. The van der Waals surface area contributed by atoms with Crippen LogP contribution in [0.3, 0.4) is 0 Å². The molecule has 8 heteroatoms. The Hall–Kier alpha value is -2.19. The number of hydrogen-bond acceptors (Lipinski definition) is 6. The van der Waals surface area contributed by atoms with Crippen molar-refractivity contribution in [2.45, 2.75) is 12.2 Å². The molecule has 114 valence electrons. The Morgan fingerprint density at radius 1 is 1.33 bits per heavy atom. The maximum absolute atomic E-state index is 12.5. The van der Waals surface area contributed by atoms with Crippen LogP contribution >= 0.6 is 0 Å². The predicted octanol–water partition coefficient (Wildman–Crippen LogP) is 0.663. The smallest absolute Gasteiger partial charge is 0.304 e. The number of rotatable bonds is 4. The number of methoxy groups -OCH3 is 2. The zero-order valence-corrected chi connectivity index (χ0v) is 11.8. The number of nitro benzene ring substituents is 1. The van der Waals surface area contributed by atoms with Gasteiger partial charge in [0.05, 0.1) is 4.92 Å². The minimum Gasteiger partial charge on any atom is -0.393 e. The maximum atomic E-state index is 12.5. The summed E-state index contributed by atoms with van der Waals surface area (Å²) in [4.78, 5) is 24.4. The van der Waals surface area contributed by atoms with Gasteiger partial charge in [0, 0.05) is 27.3 Å². The number of nitrogens with two attached hydrogens (primary N) is 1. The van der Waals surface area contributed by atoms with E-state index in [1.54, 1.807) is 0 Å². The third kappa shape index (κ3) is 2.81. The number of anilines is 1. The van der Waals surface area contributed by atoms with E-state index in [-0.39, 0.29) is 29.1 Å². The lowest BCUT2D eigenvalue weighted by molar-refractivity contribution is -0.384. The van der Waals surface area contributed by atoms with Crippen molar-refractivity contribution >= 4 is 17.3 Å². The van der Waals surface area contributed by atoms with Crippen LogP contribution in [0.4, 0.5) is 11.4 Å². The van der Waals surface area contributed by atoms with Gasteiger partial charge in [0.2, 0.25) is 0 Å². The molecule has 1 amide bonds. The number of nitrogens with zero attached hydrogens (tertiary/aromatic N) is 2. The Labute approximate surface area is 121 Å². The van der Waals surface area contributed by atoms with Crippen molar-refractivity contribution in [1.82, 2.24) is 4.90 Å².